The number of H-pyrrole nitrogens is 4. The molecule has 4 aromatic heterocycles. The third-order valence-corrected chi connectivity index (χ3v) is 9.45. The standard InChI is InChI=1S/C13H22N2O3.C12H18N2O4.C12H20N2O3.C12H18N2O2.CH3.BrH.Mg/c1-6-8-9-14-10(12(16)18-7-2)11(15-9)13(3,4)17-5;1-4-7-8-13-9(11(15)17-5-2)10(14-8)12(16)18-6-3;1-5-7-8-13-9(11(15)17-6-2)10(14-8)12(3,4)16;1-5-7-9-13-10(8(3)4)11(14-9)12(15)16-6-2;;;/h6-8H2,1-5H3,(H,14,15);4-7H2,1-3H3,(H,13,14);16H,5-7H2,1-4H3,(H,13,14);3,5-7H2,1-2,4H3,(H,13,14);1H3;1H;/q;;;;-1;;+2/p-1. The predicted octanol–water partition coefficient (Wildman–Crippen LogP) is 5.55. The second-order valence-corrected chi connectivity index (χ2v) is 16.3. The third kappa shape index (κ3) is 22.5. The fourth-order valence-corrected chi connectivity index (χ4v) is 6.14. The van der Waals surface area contributed by atoms with E-state index >= 15 is 0 Å². The number of hydrogen-bond acceptors (Lipinski definition) is 16. The molecule has 0 aromatic carbocycles. The number of hydrogen-bond donors (Lipinski definition) is 5. The van der Waals surface area contributed by atoms with Crippen molar-refractivity contribution in [1.82, 2.24) is 39.9 Å². The fraction of sp³-hybridized carbons (Fsp3) is 0.600. The number of ether oxygens (including phenoxy) is 6. The van der Waals surface area contributed by atoms with E-state index in [9.17, 15) is 29.1 Å². The topological polar surface area (TPSA) is 276 Å². The molecule has 0 fully saturated rings. The van der Waals surface area contributed by atoms with Gasteiger partial charge in [0.15, 0.2) is 28.5 Å². The summed E-state index contributed by atoms with van der Waals surface area (Å²) >= 11 is 0. The number of imidazole rings is 4. The molecule has 0 aliphatic rings. The minimum absolute atomic E-state index is 0. The van der Waals surface area contributed by atoms with Gasteiger partial charge in [-0.25, -0.2) is 43.9 Å². The minimum Gasteiger partial charge on any atom is -1.00 e. The van der Waals surface area contributed by atoms with E-state index in [1.54, 1.807) is 55.6 Å². The van der Waals surface area contributed by atoms with Gasteiger partial charge in [0.25, 0.3) is 0 Å². The van der Waals surface area contributed by atoms with E-state index in [-0.39, 0.29) is 83.7 Å². The van der Waals surface area contributed by atoms with Gasteiger partial charge >= 0.3 is 52.9 Å². The molecule has 5 N–H and O–H groups in total. The first-order chi connectivity index (χ1) is 32.6. The van der Waals surface area contributed by atoms with Crippen molar-refractivity contribution in [2.45, 2.75) is 160 Å². The molecule has 0 unspecified atom stereocenters. The largest absolute Gasteiger partial charge is 2.00 e. The van der Waals surface area contributed by atoms with Crippen LogP contribution in [0.15, 0.2) is 6.58 Å². The number of carbonyl (C=O) groups is 5. The summed E-state index contributed by atoms with van der Waals surface area (Å²) in [4.78, 5) is 87.6. The number of esters is 5. The molecule has 402 valence electrons. The Bertz CT molecular complexity index is 2220. The molecule has 4 rings (SSSR count). The number of allylic oxidation sites excluding steroid dienone is 1. The summed E-state index contributed by atoms with van der Waals surface area (Å²) in [5.74, 6) is 0.421. The number of carbonyl (C=O) groups excluding carboxylic acids is 5. The van der Waals surface area contributed by atoms with E-state index in [1.165, 1.54) is 0 Å². The van der Waals surface area contributed by atoms with Gasteiger partial charge in [0, 0.05) is 32.8 Å². The molecule has 0 saturated heterocycles. The average molecular weight is 1090 g/mol. The molecule has 0 spiro atoms. The van der Waals surface area contributed by atoms with Gasteiger partial charge < -0.3 is 77.9 Å². The molecule has 0 bridgehead atoms. The molecule has 4 aromatic rings. The summed E-state index contributed by atoms with van der Waals surface area (Å²) in [5.41, 5.74) is 1.72. The first-order valence-corrected chi connectivity index (χ1v) is 23.7. The SMILES string of the molecule is C=C(C)c1nc(CCC)[nH]c1C(=O)OCC.CCCc1nc(C(=O)OCC)c(C(=O)OCC)[nH]1.CCCc1nc(C(=O)OCC)c(C(C)(C)O)[nH]1.CCCc1nc(C(=O)OCC)c(C(C)(C)OC)[nH]1.[Br-].[CH3-].[Mg+2]. The molecular formula is C50H81BrMgN8O12. The number of aliphatic hydroxyl groups is 1. The van der Waals surface area contributed by atoms with E-state index in [1.807, 2.05) is 34.6 Å². The molecule has 0 aliphatic carbocycles. The molecule has 72 heavy (non-hydrogen) atoms. The van der Waals surface area contributed by atoms with Crippen molar-refractivity contribution in [2.75, 3.05) is 40.1 Å². The molecule has 0 saturated carbocycles. The van der Waals surface area contributed by atoms with Crippen molar-refractivity contribution in [1.29, 1.82) is 0 Å². The summed E-state index contributed by atoms with van der Waals surface area (Å²) in [6.45, 7) is 30.9. The van der Waals surface area contributed by atoms with Crippen LogP contribution in [0.25, 0.3) is 5.57 Å². The van der Waals surface area contributed by atoms with Crippen LogP contribution in [0.3, 0.4) is 0 Å². The Morgan fingerprint density at radius 1 is 0.500 bits per heavy atom. The van der Waals surface area contributed by atoms with Crippen molar-refractivity contribution in [3.8, 4) is 0 Å². The van der Waals surface area contributed by atoms with Crippen LogP contribution < -0.4 is 17.0 Å². The summed E-state index contributed by atoms with van der Waals surface area (Å²) < 4.78 is 30.0. The Kier molecular flexibility index (Phi) is 35.8. The van der Waals surface area contributed by atoms with Crippen LogP contribution in [-0.2, 0) is 65.3 Å². The molecule has 22 heteroatoms. The Hall–Kier alpha value is -4.90. The first kappa shape index (κ1) is 71.3. The predicted molar refractivity (Wildman–Crippen MR) is 272 cm³/mol. The number of methoxy groups -OCH3 is 1. The van der Waals surface area contributed by atoms with Gasteiger partial charge in [0.1, 0.15) is 34.5 Å². The molecule has 0 atom stereocenters. The summed E-state index contributed by atoms with van der Waals surface area (Å²) in [6, 6.07) is 0. The molecule has 20 nitrogen and oxygen atoms in total. The second-order valence-electron chi connectivity index (χ2n) is 16.3. The summed E-state index contributed by atoms with van der Waals surface area (Å²) in [7, 11) is 1.61. The summed E-state index contributed by atoms with van der Waals surface area (Å²) in [6.07, 6.45) is 6.73. The molecular weight excluding hydrogens is 1010 g/mol. The second kappa shape index (κ2) is 36.1. The van der Waals surface area contributed by atoms with E-state index in [2.05, 4.69) is 60.3 Å². The zero-order chi connectivity index (χ0) is 52.5. The van der Waals surface area contributed by atoms with Gasteiger partial charge in [-0.05, 0) is 100 Å². The van der Waals surface area contributed by atoms with Crippen LogP contribution in [0, 0.1) is 7.43 Å². The first-order valence-electron chi connectivity index (χ1n) is 23.7. The van der Waals surface area contributed by atoms with E-state index < -0.39 is 35.1 Å². The van der Waals surface area contributed by atoms with Gasteiger partial charge in [-0.15, -0.1) is 0 Å². The monoisotopic (exact) mass is 1090 g/mol. The van der Waals surface area contributed by atoms with Crippen LogP contribution in [0.1, 0.15) is 215 Å². The molecule has 0 amide bonds. The Labute approximate surface area is 453 Å². The zero-order valence-electron chi connectivity index (χ0n) is 45.7. The average Bonchev–Trinajstić information content (AvgIpc) is 4.11. The van der Waals surface area contributed by atoms with Crippen LogP contribution in [0.4, 0.5) is 0 Å². The minimum atomic E-state index is -1.14. The molecule has 4 heterocycles. The van der Waals surface area contributed by atoms with Crippen LogP contribution in [0.5, 0.6) is 0 Å². The number of aromatic amines is 4. The van der Waals surface area contributed by atoms with E-state index in [0.29, 0.717) is 66.4 Å². The van der Waals surface area contributed by atoms with Crippen molar-refractivity contribution >= 4 is 58.5 Å². The van der Waals surface area contributed by atoms with Crippen molar-refractivity contribution in [3.63, 3.8) is 0 Å². The number of aryl methyl sites for hydroxylation is 4. The third-order valence-electron chi connectivity index (χ3n) is 9.45. The quantitative estimate of drug-likeness (QED) is 0.0279. The number of aromatic nitrogens is 8. The maximum Gasteiger partial charge on any atom is 2.00 e. The smallest absolute Gasteiger partial charge is 1.00 e. The zero-order valence-corrected chi connectivity index (χ0v) is 48.7. The van der Waals surface area contributed by atoms with E-state index in [0.717, 1.165) is 62.2 Å². The van der Waals surface area contributed by atoms with Crippen LogP contribution >= 0.6 is 0 Å². The molecule has 0 radical (unpaired) electrons. The van der Waals surface area contributed by atoms with Gasteiger partial charge in [0.05, 0.1) is 50.1 Å². The van der Waals surface area contributed by atoms with Crippen molar-refractivity contribution < 1.29 is 74.5 Å². The van der Waals surface area contributed by atoms with E-state index in [4.69, 9.17) is 28.4 Å². The Morgan fingerprint density at radius 3 is 1.10 bits per heavy atom. The van der Waals surface area contributed by atoms with Gasteiger partial charge in [-0.3, -0.25) is 0 Å². The van der Waals surface area contributed by atoms with Crippen LogP contribution in [-0.4, -0.2) is 138 Å². The number of rotatable bonds is 22. The van der Waals surface area contributed by atoms with Gasteiger partial charge in [0.2, 0.25) is 0 Å². The van der Waals surface area contributed by atoms with Gasteiger partial charge in [-0.1, -0.05) is 34.3 Å². The fourth-order valence-electron chi connectivity index (χ4n) is 6.14. The maximum absolute atomic E-state index is 11.9. The van der Waals surface area contributed by atoms with Crippen LogP contribution in [0.2, 0.25) is 0 Å². The summed E-state index contributed by atoms with van der Waals surface area (Å²) in [5, 5.41) is 9.99. The Morgan fingerprint density at radius 2 is 0.778 bits per heavy atom. The van der Waals surface area contributed by atoms with Crippen molar-refractivity contribution in [2.24, 2.45) is 0 Å². The van der Waals surface area contributed by atoms with Crippen molar-refractivity contribution in [3.05, 3.63) is 82.9 Å². The number of nitrogens with zero attached hydrogens (tertiary/aromatic N) is 4. The maximum atomic E-state index is 11.9. The normalized spacial score (nSPS) is 10.4. The number of halogens is 1. The van der Waals surface area contributed by atoms with Gasteiger partial charge in [-0.2, -0.15) is 0 Å². The number of nitrogens with one attached hydrogen (secondary N) is 4. The Balaban J connectivity index is -0.000000870. The molecule has 0 aliphatic heterocycles.